The zero-order valence-corrected chi connectivity index (χ0v) is 20.4. The summed E-state index contributed by atoms with van der Waals surface area (Å²) in [5.41, 5.74) is 2.43. The van der Waals surface area contributed by atoms with Crippen LogP contribution in [0.3, 0.4) is 0 Å². The average Bonchev–Trinajstić information content (AvgIpc) is 3.11. The van der Waals surface area contributed by atoms with Crippen molar-refractivity contribution in [2.45, 2.75) is 70.6 Å². The van der Waals surface area contributed by atoms with E-state index in [1.165, 1.54) is 6.42 Å². The van der Waals surface area contributed by atoms with Crippen molar-refractivity contribution in [2.75, 3.05) is 12.4 Å². The van der Waals surface area contributed by atoms with Gasteiger partial charge in [0, 0.05) is 30.1 Å². The van der Waals surface area contributed by atoms with E-state index >= 15 is 0 Å². The normalized spacial score (nSPS) is 20.8. The number of methoxy groups -OCH3 is 1. The van der Waals surface area contributed by atoms with Crippen LogP contribution in [0.2, 0.25) is 5.02 Å². The second-order valence-electron chi connectivity index (χ2n) is 9.43. The first-order valence-corrected chi connectivity index (χ1v) is 12.5. The van der Waals surface area contributed by atoms with Crippen LogP contribution in [-0.2, 0) is 16.1 Å². The van der Waals surface area contributed by atoms with Crippen molar-refractivity contribution < 1.29 is 9.53 Å². The molecule has 2 fully saturated rings. The van der Waals surface area contributed by atoms with E-state index in [-0.39, 0.29) is 23.9 Å². The van der Waals surface area contributed by atoms with Gasteiger partial charge in [0.2, 0.25) is 5.91 Å². The van der Waals surface area contributed by atoms with Gasteiger partial charge in [0.25, 0.3) is 0 Å². The Morgan fingerprint density at radius 3 is 2.59 bits per heavy atom. The van der Waals surface area contributed by atoms with Gasteiger partial charge in [-0.25, -0.2) is 14.6 Å². The van der Waals surface area contributed by atoms with Gasteiger partial charge in [0.1, 0.15) is 12.4 Å². The van der Waals surface area contributed by atoms with E-state index in [1.54, 1.807) is 7.11 Å². The molecule has 1 aromatic carbocycles. The minimum absolute atomic E-state index is 0.239. The molecule has 1 amide bonds. The molecule has 0 saturated heterocycles. The van der Waals surface area contributed by atoms with E-state index in [4.69, 9.17) is 31.4 Å². The summed E-state index contributed by atoms with van der Waals surface area (Å²) in [6.07, 6.45) is 7.15. The minimum Gasteiger partial charge on any atom is -0.377 e. The third kappa shape index (κ3) is 4.74. The predicted octanol–water partition coefficient (Wildman–Crippen LogP) is 4.56. The van der Waals surface area contributed by atoms with Crippen LogP contribution >= 0.6 is 11.6 Å². The van der Waals surface area contributed by atoms with Crippen LogP contribution in [-0.4, -0.2) is 44.8 Å². The zero-order chi connectivity index (χ0) is 23.7. The predicted molar refractivity (Wildman–Crippen MR) is 132 cm³/mol. The number of benzene rings is 1. The fraction of sp³-hybridized carbons (Fsp3) is 0.520. The van der Waals surface area contributed by atoms with Gasteiger partial charge in [-0.15, -0.1) is 0 Å². The van der Waals surface area contributed by atoms with Gasteiger partial charge in [-0.05, 0) is 63.6 Å². The third-order valence-electron chi connectivity index (χ3n) is 6.97. The highest BCUT2D eigenvalue weighted by molar-refractivity contribution is 6.30. The molecule has 3 aromatic rings. The number of nitrogens with one attached hydrogen (secondary N) is 2. The topological polar surface area (TPSA) is 94.0 Å². The number of amides is 1. The Balaban J connectivity index is 1.37. The van der Waals surface area contributed by atoms with Crippen molar-refractivity contribution in [3.8, 4) is 5.69 Å². The fourth-order valence-electron chi connectivity index (χ4n) is 4.88. The zero-order valence-electron chi connectivity index (χ0n) is 19.7. The SMILES string of the molecule is COCc1nc(NC2CCC(NC(=O)C3CCC3)CC2)c2c(C)nn(-c3cccc(Cl)c3)c2n1. The second-order valence-corrected chi connectivity index (χ2v) is 9.86. The molecule has 8 nitrogen and oxygen atoms in total. The largest absolute Gasteiger partial charge is 0.377 e. The molecule has 34 heavy (non-hydrogen) atoms. The number of carbonyl (C=O) groups is 1. The molecule has 2 saturated carbocycles. The summed E-state index contributed by atoms with van der Waals surface area (Å²) in [6, 6.07) is 8.12. The van der Waals surface area contributed by atoms with E-state index in [0.29, 0.717) is 17.5 Å². The number of fused-ring (bicyclic) bond motifs is 1. The van der Waals surface area contributed by atoms with Gasteiger partial charge >= 0.3 is 0 Å². The van der Waals surface area contributed by atoms with Crippen LogP contribution in [0.1, 0.15) is 56.5 Å². The number of halogens is 1. The third-order valence-corrected chi connectivity index (χ3v) is 7.20. The van der Waals surface area contributed by atoms with Gasteiger partial charge < -0.3 is 15.4 Å². The lowest BCUT2D eigenvalue weighted by Gasteiger charge is -2.32. The smallest absolute Gasteiger partial charge is 0.223 e. The van der Waals surface area contributed by atoms with E-state index in [0.717, 1.165) is 66.8 Å². The Kier molecular flexibility index (Phi) is 6.70. The van der Waals surface area contributed by atoms with E-state index in [9.17, 15) is 4.79 Å². The molecule has 5 rings (SSSR count). The summed E-state index contributed by atoms with van der Waals surface area (Å²) in [7, 11) is 1.64. The molecule has 0 atom stereocenters. The Morgan fingerprint density at radius 2 is 1.91 bits per heavy atom. The lowest BCUT2D eigenvalue weighted by molar-refractivity contribution is -0.128. The van der Waals surface area contributed by atoms with Crippen LogP contribution < -0.4 is 10.6 Å². The second kappa shape index (κ2) is 9.88. The number of nitrogens with zero attached hydrogens (tertiary/aromatic N) is 4. The Bertz CT molecular complexity index is 1180. The van der Waals surface area contributed by atoms with Crippen molar-refractivity contribution in [2.24, 2.45) is 5.92 Å². The lowest BCUT2D eigenvalue weighted by atomic mass is 9.84. The van der Waals surface area contributed by atoms with E-state index in [2.05, 4.69) is 10.6 Å². The standard InChI is InChI=1S/C25H31ClN6O2/c1-15-22-23(27-18-9-11-19(12-10-18)28-25(33)16-5-3-6-16)29-21(14-34-2)30-24(22)32(31-15)20-8-4-7-17(26)13-20/h4,7-8,13,16,18-19H,3,5-6,9-12,14H2,1-2H3,(H,28,33)(H,27,29,30). The van der Waals surface area contributed by atoms with Gasteiger partial charge in [0.05, 0.1) is 16.8 Å². The quantitative estimate of drug-likeness (QED) is 0.512. The van der Waals surface area contributed by atoms with Gasteiger partial charge in [-0.2, -0.15) is 5.10 Å². The number of anilines is 1. The first-order valence-electron chi connectivity index (χ1n) is 12.1. The number of aromatic nitrogens is 4. The average molecular weight is 483 g/mol. The molecule has 0 aliphatic heterocycles. The minimum atomic E-state index is 0.239. The van der Waals surface area contributed by atoms with Gasteiger partial charge in [-0.3, -0.25) is 4.79 Å². The number of hydrogen-bond donors (Lipinski definition) is 2. The van der Waals surface area contributed by atoms with Crippen LogP contribution in [0.4, 0.5) is 5.82 Å². The summed E-state index contributed by atoms with van der Waals surface area (Å²) in [6.45, 7) is 2.28. The molecule has 2 N–H and O–H groups in total. The lowest BCUT2D eigenvalue weighted by Crippen LogP contribution is -2.44. The molecular formula is C25H31ClN6O2. The first-order chi connectivity index (χ1) is 16.5. The molecule has 2 aliphatic rings. The van der Waals surface area contributed by atoms with Crippen LogP contribution in [0.5, 0.6) is 0 Å². The number of rotatable bonds is 7. The maximum atomic E-state index is 12.3. The Labute approximate surface area is 204 Å². The van der Waals surface area contributed by atoms with Crippen molar-refractivity contribution >= 4 is 34.4 Å². The van der Waals surface area contributed by atoms with Crippen LogP contribution in [0, 0.1) is 12.8 Å². The first kappa shape index (κ1) is 23.1. The van der Waals surface area contributed by atoms with Gasteiger partial charge in [0.15, 0.2) is 11.5 Å². The highest BCUT2D eigenvalue weighted by atomic mass is 35.5. The fourth-order valence-corrected chi connectivity index (χ4v) is 5.06. The van der Waals surface area contributed by atoms with Crippen LogP contribution in [0.15, 0.2) is 24.3 Å². The van der Waals surface area contributed by atoms with Crippen LogP contribution in [0.25, 0.3) is 16.7 Å². The van der Waals surface area contributed by atoms with Crippen molar-refractivity contribution in [3.05, 3.63) is 40.8 Å². The molecule has 0 radical (unpaired) electrons. The Morgan fingerprint density at radius 1 is 1.15 bits per heavy atom. The Hall–Kier alpha value is -2.71. The number of ether oxygens (including phenoxy) is 1. The maximum absolute atomic E-state index is 12.3. The molecule has 2 aliphatic carbocycles. The highest BCUT2D eigenvalue weighted by Crippen LogP contribution is 2.31. The molecule has 0 bridgehead atoms. The molecule has 180 valence electrons. The van der Waals surface area contributed by atoms with Crippen molar-refractivity contribution in [1.29, 1.82) is 0 Å². The summed E-state index contributed by atoms with van der Waals surface area (Å²) >= 11 is 6.23. The summed E-state index contributed by atoms with van der Waals surface area (Å²) in [5.74, 6) is 1.86. The molecule has 2 heterocycles. The summed E-state index contributed by atoms with van der Waals surface area (Å²) in [5, 5.41) is 13.2. The molecule has 2 aromatic heterocycles. The van der Waals surface area contributed by atoms with Gasteiger partial charge in [-0.1, -0.05) is 24.1 Å². The number of carbonyl (C=O) groups excluding carboxylic acids is 1. The molecular weight excluding hydrogens is 452 g/mol. The molecule has 9 heteroatoms. The number of hydrogen-bond acceptors (Lipinski definition) is 6. The molecule has 0 spiro atoms. The monoisotopic (exact) mass is 482 g/mol. The van der Waals surface area contributed by atoms with Crippen molar-refractivity contribution in [3.63, 3.8) is 0 Å². The number of aryl methyl sites for hydroxylation is 1. The maximum Gasteiger partial charge on any atom is 0.223 e. The summed E-state index contributed by atoms with van der Waals surface area (Å²) < 4.78 is 7.15. The van der Waals surface area contributed by atoms with Crippen molar-refractivity contribution in [1.82, 2.24) is 25.1 Å². The highest BCUT2D eigenvalue weighted by Gasteiger charge is 2.29. The van der Waals surface area contributed by atoms with E-state index < -0.39 is 0 Å². The molecule has 0 unspecified atom stereocenters. The summed E-state index contributed by atoms with van der Waals surface area (Å²) in [4.78, 5) is 21.9. The van der Waals surface area contributed by atoms with E-state index in [1.807, 2.05) is 35.9 Å².